The van der Waals surface area contributed by atoms with E-state index in [1.807, 2.05) is 0 Å². The number of rotatable bonds is 3. The zero-order valence-corrected chi connectivity index (χ0v) is 11.3. The molecule has 0 aliphatic rings. The van der Waals surface area contributed by atoms with Crippen molar-refractivity contribution in [1.29, 1.82) is 0 Å². The first-order valence-corrected chi connectivity index (χ1v) is 6.46. The molecule has 0 aliphatic carbocycles. The highest BCUT2D eigenvalue weighted by molar-refractivity contribution is 7.14. The quantitative estimate of drug-likeness (QED) is 0.884. The van der Waals surface area contributed by atoms with Crippen LogP contribution < -0.4 is 5.32 Å². The van der Waals surface area contributed by atoms with Gasteiger partial charge in [0, 0.05) is 17.9 Å². The van der Waals surface area contributed by atoms with Crippen LogP contribution >= 0.6 is 22.9 Å². The highest BCUT2D eigenvalue weighted by Gasteiger charge is 2.12. The van der Waals surface area contributed by atoms with Crippen LogP contribution in [0.1, 0.15) is 27.8 Å². The van der Waals surface area contributed by atoms with Crippen molar-refractivity contribution in [1.82, 2.24) is 4.98 Å². The van der Waals surface area contributed by atoms with E-state index in [-0.39, 0.29) is 27.2 Å². The zero-order chi connectivity index (χ0) is 14.0. The zero-order valence-electron chi connectivity index (χ0n) is 9.74. The molecule has 0 saturated heterocycles. The highest BCUT2D eigenvalue weighted by atomic mass is 35.5. The molecule has 4 nitrogen and oxygen atoms in total. The number of benzene rings is 1. The summed E-state index contributed by atoms with van der Waals surface area (Å²) in [5.74, 6) is -1.37. The molecule has 1 amide bonds. The molecule has 0 bridgehead atoms. The Morgan fingerprint density at radius 2 is 2.16 bits per heavy atom. The normalized spacial score (nSPS) is 10.3. The van der Waals surface area contributed by atoms with Gasteiger partial charge in [0.2, 0.25) is 0 Å². The van der Waals surface area contributed by atoms with Crippen LogP contribution in [0.5, 0.6) is 0 Å². The van der Waals surface area contributed by atoms with Gasteiger partial charge in [0.1, 0.15) is 11.5 Å². The molecule has 0 fully saturated rings. The molecule has 0 saturated carbocycles. The fourth-order valence-electron chi connectivity index (χ4n) is 1.30. The lowest BCUT2D eigenvalue weighted by Crippen LogP contribution is -2.12. The number of halogens is 2. The van der Waals surface area contributed by atoms with Gasteiger partial charge in [0.25, 0.3) is 5.91 Å². The lowest BCUT2D eigenvalue weighted by atomic mass is 10.2. The number of nitrogens with zero attached hydrogens (tertiary/aromatic N) is 1. The molecule has 2 rings (SSSR count). The first-order chi connectivity index (χ1) is 8.97. The molecule has 7 heteroatoms. The Balaban J connectivity index is 2.15. The Morgan fingerprint density at radius 3 is 2.74 bits per heavy atom. The largest absolute Gasteiger partial charge is 0.298 e. The molecule has 1 N–H and O–H groups in total. The van der Waals surface area contributed by atoms with Crippen molar-refractivity contribution in [3.8, 4) is 0 Å². The van der Waals surface area contributed by atoms with Crippen molar-refractivity contribution in [3.05, 3.63) is 45.7 Å². The number of amides is 1. The maximum Gasteiger partial charge on any atom is 0.257 e. The Kier molecular flexibility index (Phi) is 3.92. The minimum absolute atomic E-state index is 0.0512. The maximum absolute atomic E-state index is 13.2. The Bertz CT molecular complexity index is 657. The van der Waals surface area contributed by atoms with Gasteiger partial charge in [-0.25, -0.2) is 9.37 Å². The van der Waals surface area contributed by atoms with Crippen molar-refractivity contribution in [2.75, 3.05) is 5.32 Å². The number of carbonyl (C=O) groups is 2. The van der Waals surface area contributed by atoms with Gasteiger partial charge < -0.3 is 0 Å². The van der Waals surface area contributed by atoms with E-state index < -0.39 is 11.7 Å². The van der Waals surface area contributed by atoms with Crippen molar-refractivity contribution in [2.24, 2.45) is 0 Å². The summed E-state index contributed by atoms with van der Waals surface area (Å²) in [5, 5.41) is 4.26. The minimum Gasteiger partial charge on any atom is -0.298 e. The molecule has 1 aromatic carbocycles. The molecule has 2 aromatic rings. The summed E-state index contributed by atoms with van der Waals surface area (Å²) in [6.07, 6.45) is 0. The first-order valence-electron chi connectivity index (χ1n) is 5.20. The van der Waals surface area contributed by atoms with E-state index in [0.29, 0.717) is 0 Å². The Hall–Kier alpha value is -1.79. The second-order valence-electron chi connectivity index (χ2n) is 3.68. The van der Waals surface area contributed by atoms with Gasteiger partial charge >= 0.3 is 0 Å². The van der Waals surface area contributed by atoms with Gasteiger partial charge in [0.15, 0.2) is 10.9 Å². The number of ketones is 1. The third-order valence-electron chi connectivity index (χ3n) is 2.27. The van der Waals surface area contributed by atoms with Crippen molar-refractivity contribution in [3.63, 3.8) is 0 Å². The third-order valence-corrected chi connectivity index (χ3v) is 3.33. The summed E-state index contributed by atoms with van der Waals surface area (Å²) in [4.78, 5) is 26.8. The molecular weight excluding hydrogens is 291 g/mol. The van der Waals surface area contributed by atoms with E-state index in [1.165, 1.54) is 19.1 Å². The molecular formula is C12H8ClFN2O2S. The smallest absolute Gasteiger partial charge is 0.257 e. The van der Waals surface area contributed by atoms with Gasteiger partial charge in [-0.2, -0.15) is 0 Å². The van der Waals surface area contributed by atoms with Crippen LogP contribution in [0.3, 0.4) is 0 Å². The molecule has 0 radical (unpaired) electrons. The number of anilines is 1. The van der Waals surface area contributed by atoms with Gasteiger partial charge in [-0.15, -0.1) is 11.3 Å². The summed E-state index contributed by atoms with van der Waals surface area (Å²) in [7, 11) is 0. The molecule has 1 heterocycles. The van der Waals surface area contributed by atoms with Crippen LogP contribution in [0.2, 0.25) is 5.02 Å². The summed E-state index contributed by atoms with van der Waals surface area (Å²) < 4.78 is 13.2. The van der Waals surface area contributed by atoms with Crippen LogP contribution in [-0.4, -0.2) is 16.7 Å². The van der Waals surface area contributed by atoms with Gasteiger partial charge in [-0.05, 0) is 18.2 Å². The predicted molar refractivity (Wildman–Crippen MR) is 71.5 cm³/mol. The average molecular weight is 299 g/mol. The number of carbonyl (C=O) groups excluding carboxylic acids is 2. The van der Waals surface area contributed by atoms with Crippen LogP contribution in [-0.2, 0) is 0 Å². The number of hydrogen-bond acceptors (Lipinski definition) is 4. The highest BCUT2D eigenvalue weighted by Crippen LogP contribution is 2.19. The fraction of sp³-hybridized carbons (Fsp3) is 0.0833. The second-order valence-corrected chi connectivity index (χ2v) is 4.94. The van der Waals surface area contributed by atoms with E-state index in [1.54, 1.807) is 5.38 Å². The number of nitrogens with one attached hydrogen (secondary N) is 1. The Morgan fingerprint density at radius 1 is 1.42 bits per heavy atom. The molecule has 98 valence electrons. The predicted octanol–water partition coefficient (Wildman–Crippen LogP) is 3.39. The fourth-order valence-corrected chi connectivity index (χ4v) is 2.16. The van der Waals surface area contributed by atoms with Crippen molar-refractivity contribution < 1.29 is 14.0 Å². The lowest BCUT2D eigenvalue weighted by Gasteiger charge is -2.02. The second kappa shape index (κ2) is 5.46. The first kappa shape index (κ1) is 13.6. The van der Waals surface area contributed by atoms with E-state index in [0.717, 1.165) is 17.4 Å². The van der Waals surface area contributed by atoms with Crippen molar-refractivity contribution >= 4 is 39.8 Å². The molecule has 1 aromatic heterocycles. The summed E-state index contributed by atoms with van der Waals surface area (Å²) in [5.41, 5.74) is 0.407. The molecule has 19 heavy (non-hydrogen) atoms. The number of hydrogen-bond donors (Lipinski definition) is 1. The maximum atomic E-state index is 13.2. The average Bonchev–Trinajstić information content (AvgIpc) is 2.81. The van der Waals surface area contributed by atoms with E-state index in [9.17, 15) is 14.0 Å². The van der Waals surface area contributed by atoms with E-state index >= 15 is 0 Å². The van der Waals surface area contributed by atoms with E-state index in [2.05, 4.69) is 10.3 Å². The van der Waals surface area contributed by atoms with Crippen LogP contribution in [0.25, 0.3) is 0 Å². The number of Topliss-reactive ketones (excluding diaryl/α,β-unsaturated/α-hetero) is 1. The Labute approximate surface area is 117 Å². The minimum atomic E-state index is -0.669. The van der Waals surface area contributed by atoms with Crippen LogP contribution in [0.15, 0.2) is 23.6 Å². The van der Waals surface area contributed by atoms with Gasteiger partial charge in [-0.3, -0.25) is 14.9 Å². The molecule has 0 atom stereocenters. The van der Waals surface area contributed by atoms with E-state index in [4.69, 9.17) is 11.6 Å². The molecule has 0 unspecified atom stereocenters. The van der Waals surface area contributed by atoms with Gasteiger partial charge in [0.05, 0.1) is 5.02 Å². The standard InChI is InChI=1S/C12H8ClFN2O2S/c1-6(17)10-5-19-12(15-10)16-11(18)7-2-3-8(13)9(14)4-7/h2-5H,1H3,(H,15,16,18). The summed E-state index contributed by atoms with van der Waals surface area (Å²) >= 11 is 6.65. The SMILES string of the molecule is CC(=O)c1csc(NC(=O)c2ccc(Cl)c(F)c2)n1. The van der Waals surface area contributed by atoms with Crippen LogP contribution in [0.4, 0.5) is 9.52 Å². The third kappa shape index (κ3) is 3.15. The van der Waals surface area contributed by atoms with Gasteiger partial charge in [-0.1, -0.05) is 11.6 Å². The molecule has 0 aliphatic heterocycles. The topological polar surface area (TPSA) is 59.1 Å². The number of aromatic nitrogens is 1. The van der Waals surface area contributed by atoms with Crippen LogP contribution in [0, 0.1) is 5.82 Å². The molecule has 0 spiro atoms. The summed E-state index contributed by atoms with van der Waals surface area (Å²) in [6, 6.07) is 3.74. The monoisotopic (exact) mass is 298 g/mol. The summed E-state index contributed by atoms with van der Waals surface area (Å²) in [6.45, 7) is 1.38. The lowest BCUT2D eigenvalue weighted by molar-refractivity contribution is 0.100. The van der Waals surface area contributed by atoms with Crippen molar-refractivity contribution in [2.45, 2.75) is 6.92 Å². The number of thiazole rings is 1.